The van der Waals surface area contributed by atoms with Crippen molar-refractivity contribution in [3.8, 4) is 0 Å². The molecule has 1 aromatic heterocycles. The molecule has 202 valence electrons. The maximum atomic E-state index is 13.4. The number of nitrogens with one attached hydrogen (secondary N) is 1. The van der Waals surface area contributed by atoms with Crippen molar-refractivity contribution < 1.29 is 13.2 Å². The summed E-state index contributed by atoms with van der Waals surface area (Å²) in [5.74, 6) is 1.68. The summed E-state index contributed by atoms with van der Waals surface area (Å²) in [5, 5.41) is 4.19. The molecule has 1 aliphatic rings. The fourth-order valence-corrected chi connectivity index (χ4v) is 6.17. The van der Waals surface area contributed by atoms with Crippen LogP contribution in [-0.2, 0) is 14.8 Å². The molecule has 1 fully saturated rings. The number of hydrogen-bond acceptors (Lipinski definition) is 6. The predicted molar refractivity (Wildman–Crippen MR) is 155 cm³/mol. The summed E-state index contributed by atoms with van der Waals surface area (Å²) in [7, 11) is -3.75. The Morgan fingerprint density at radius 3 is 2.50 bits per heavy atom. The van der Waals surface area contributed by atoms with Crippen LogP contribution in [0.15, 0.2) is 95.5 Å². The van der Waals surface area contributed by atoms with Gasteiger partial charge in [0.25, 0.3) is 10.0 Å². The van der Waals surface area contributed by atoms with Crippen molar-refractivity contribution >= 4 is 26.6 Å². The molecule has 2 aromatic carbocycles. The van der Waals surface area contributed by atoms with Crippen LogP contribution in [0.25, 0.3) is 10.9 Å². The lowest BCUT2D eigenvalue weighted by Gasteiger charge is -2.37. The number of nitrogens with zero attached hydrogens (tertiary/aromatic N) is 3. The number of hydrogen-bond donors (Lipinski definition) is 1. The molecule has 1 atom stereocenters. The smallest absolute Gasteiger partial charge is 0.268 e. The van der Waals surface area contributed by atoms with Crippen molar-refractivity contribution in [1.29, 1.82) is 0 Å². The third-order valence-corrected chi connectivity index (χ3v) is 8.25. The highest BCUT2D eigenvalue weighted by Crippen LogP contribution is 2.27. The summed E-state index contributed by atoms with van der Waals surface area (Å²) in [6.07, 6.45) is 3.83. The summed E-state index contributed by atoms with van der Waals surface area (Å²) in [5.41, 5.74) is 1.78. The average molecular weight is 535 g/mol. The van der Waals surface area contributed by atoms with Crippen molar-refractivity contribution in [2.24, 2.45) is 10.9 Å². The Morgan fingerprint density at radius 2 is 1.79 bits per heavy atom. The summed E-state index contributed by atoms with van der Waals surface area (Å²) < 4.78 is 34.1. The van der Waals surface area contributed by atoms with Gasteiger partial charge in [0, 0.05) is 42.5 Å². The molecule has 1 aliphatic heterocycles. The molecule has 0 spiro atoms. The zero-order chi connectivity index (χ0) is 27.5. The normalized spacial score (nSPS) is 16.9. The van der Waals surface area contributed by atoms with E-state index in [0.717, 1.165) is 49.3 Å². The van der Waals surface area contributed by atoms with E-state index in [1.807, 2.05) is 52.0 Å². The molecule has 4 rings (SSSR count). The molecule has 3 aromatic rings. The topological polar surface area (TPSA) is 75.9 Å². The van der Waals surface area contributed by atoms with Gasteiger partial charge in [-0.25, -0.2) is 17.4 Å². The Labute approximate surface area is 226 Å². The minimum Gasteiger partial charge on any atom is -0.474 e. The van der Waals surface area contributed by atoms with Crippen LogP contribution in [0.1, 0.15) is 46.1 Å². The van der Waals surface area contributed by atoms with Crippen molar-refractivity contribution in [3.05, 3.63) is 91.2 Å². The van der Waals surface area contributed by atoms with E-state index in [1.54, 1.807) is 36.5 Å². The molecule has 0 radical (unpaired) electrons. The first kappa shape index (κ1) is 27.5. The van der Waals surface area contributed by atoms with Crippen LogP contribution in [0.2, 0.25) is 0 Å². The molecule has 7 nitrogen and oxygen atoms in total. The molecule has 8 heteroatoms. The van der Waals surface area contributed by atoms with E-state index >= 15 is 0 Å². The quantitative estimate of drug-likeness (QED) is 0.280. The maximum absolute atomic E-state index is 13.4. The number of likely N-dealkylation sites (tertiary alicyclic amines) is 1. The third kappa shape index (κ3) is 6.30. The Hall–Kier alpha value is -3.52. The number of para-hydroxylation sites is 1. The number of piperidine rings is 1. The maximum Gasteiger partial charge on any atom is 0.268 e. The second-order valence-electron chi connectivity index (χ2n) is 10.8. The van der Waals surface area contributed by atoms with Gasteiger partial charge in [-0.15, -0.1) is 0 Å². The summed E-state index contributed by atoms with van der Waals surface area (Å²) in [6, 6.07) is 15.9. The molecule has 1 N–H and O–H groups in total. The van der Waals surface area contributed by atoms with Crippen LogP contribution in [0.3, 0.4) is 0 Å². The van der Waals surface area contributed by atoms with Crippen LogP contribution in [0, 0.1) is 5.92 Å². The van der Waals surface area contributed by atoms with Gasteiger partial charge in [0.05, 0.1) is 10.4 Å². The van der Waals surface area contributed by atoms with E-state index in [-0.39, 0.29) is 10.5 Å². The summed E-state index contributed by atoms with van der Waals surface area (Å²) in [4.78, 5) is 7.15. The van der Waals surface area contributed by atoms with Crippen molar-refractivity contribution in [2.45, 2.75) is 51.0 Å². The summed E-state index contributed by atoms with van der Waals surface area (Å²) >= 11 is 0. The minimum absolute atomic E-state index is 0.241. The number of benzene rings is 2. The van der Waals surface area contributed by atoms with Gasteiger partial charge in [0.15, 0.2) is 5.88 Å². The fraction of sp³-hybridized carbons (Fsp3) is 0.367. The Morgan fingerprint density at radius 1 is 1.11 bits per heavy atom. The highest BCUT2D eigenvalue weighted by molar-refractivity contribution is 7.90. The lowest BCUT2D eigenvalue weighted by Crippen LogP contribution is -2.40. The van der Waals surface area contributed by atoms with E-state index in [0.29, 0.717) is 23.0 Å². The standard InChI is InChI=1S/C30H38N4O3S/c1-22(32-23(2)31-19-25-13-12-18-33(20-25)24(3)37-30(4,5)6)28-21-34(29-17-11-10-16-27(28)29)38(35,36)26-14-8-7-9-15-26/h7-11,14-17,21,25,31H,2-3,12-13,18-20H2,1,4-6H3/b32-22+. The lowest BCUT2D eigenvalue weighted by atomic mass is 9.98. The first-order valence-corrected chi connectivity index (χ1v) is 14.4. The van der Waals surface area contributed by atoms with E-state index in [1.165, 1.54) is 3.97 Å². The molecule has 0 bridgehead atoms. The van der Waals surface area contributed by atoms with Gasteiger partial charge in [-0.05, 0) is 71.2 Å². The molecule has 0 aliphatic carbocycles. The average Bonchev–Trinajstić information content (AvgIpc) is 3.28. The molecular weight excluding hydrogens is 496 g/mol. The SMILES string of the molecule is C=C(/N=C(\C)c1cn(S(=O)(=O)c2ccccc2)c2ccccc12)NCC1CCCN(C(=C)OC(C)(C)C)C1. The fourth-order valence-electron chi connectivity index (χ4n) is 4.78. The second kappa shape index (κ2) is 11.1. The van der Waals surface area contributed by atoms with Gasteiger partial charge in [0.1, 0.15) is 11.4 Å². The van der Waals surface area contributed by atoms with E-state index in [9.17, 15) is 8.42 Å². The van der Waals surface area contributed by atoms with Crippen LogP contribution in [0.4, 0.5) is 0 Å². The van der Waals surface area contributed by atoms with Gasteiger partial charge < -0.3 is 15.0 Å². The van der Waals surface area contributed by atoms with Gasteiger partial charge in [-0.1, -0.05) is 43.0 Å². The van der Waals surface area contributed by atoms with Gasteiger partial charge in [-0.3, -0.25) is 0 Å². The molecule has 1 saturated heterocycles. The highest BCUT2D eigenvalue weighted by Gasteiger charge is 2.25. The van der Waals surface area contributed by atoms with Crippen molar-refractivity contribution in [1.82, 2.24) is 14.2 Å². The van der Waals surface area contributed by atoms with Crippen molar-refractivity contribution in [2.75, 3.05) is 19.6 Å². The number of fused-ring (bicyclic) bond motifs is 1. The van der Waals surface area contributed by atoms with Crippen LogP contribution < -0.4 is 5.32 Å². The van der Waals surface area contributed by atoms with Gasteiger partial charge in [-0.2, -0.15) is 0 Å². The second-order valence-corrected chi connectivity index (χ2v) is 12.6. The largest absolute Gasteiger partial charge is 0.474 e. The molecule has 38 heavy (non-hydrogen) atoms. The first-order chi connectivity index (χ1) is 18.0. The van der Waals surface area contributed by atoms with Crippen molar-refractivity contribution in [3.63, 3.8) is 0 Å². The Kier molecular flexibility index (Phi) is 8.02. The number of aromatic nitrogens is 1. The number of rotatable bonds is 9. The van der Waals surface area contributed by atoms with Crippen LogP contribution >= 0.6 is 0 Å². The number of aliphatic imine (C=N–C) groups is 1. The summed E-state index contributed by atoms with van der Waals surface area (Å²) in [6.45, 7) is 18.7. The molecule has 2 heterocycles. The first-order valence-electron chi connectivity index (χ1n) is 13.0. The molecular formula is C30H38N4O3S. The van der Waals surface area contributed by atoms with Crippen LogP contribution in [-0.4, -0.2) is 48.2 Å². The highest BCUT2D eigenvalue weighted by atomic mass is 32.2. The third-order valence-electron chi connectivity index (χ3n) is 6.56. The predicted octanol–water partition coefficient (Wildman–Crippen LogP) is 5.75. The monoisotopic (exact) mass is 534 g/mol. The molecule has 1 unspecified atom stereocenters. The lowest BCUT2D eigenvalue weighted by molar-refractivity contribution is -0.00750. The zero-order valence-electron chi connectivity index (χ0n) is 22.8. The van der Waals surface area contributed by atoms with Gasteiger partial charge in [0.2, 0.25) is 0 Å². The Bertz CT molecular complexity index is 1450. The zero-order valence-corrected chi connectivity index (χ0v) is 23.6. The van der Waals surface area contributed by atoms with Gasteiger partial charge >= 0.3 is 0 Å². The van der Waals surface area contributed by atoms with E-state index < -0.39 is 10.0 Å². The number of ether oxygens (including phenoxy) is 1. The minimum atomic E-state index is -3.75. The molecule has 0 amide bonds. The molecule has 0 saturated carbocycles. The van der Waals surface area contributed by atoms with E-state index in [2.05, 4.69) is 23.4 Å². The van der Waals surface area contributed by atoms with Crippen LogP contribution in [0.5, 0.6) is 0 Å². The van der Waals surface area contributed by atoms with E-state index in [4.69, 9.17) is 9.73 Å². The Balaban J connectivity index is 1.48.